The number of hydrogen-bond donors (Lipinski definition) is 1. The van der Waals surface area contributed by atoms with Crippen molar-refractivity contribution < 1.29 is 0 Å². The van der Waals surface area contributed by atoms with Gasteiger partial charge in [0.25, 0.3) is 0 Å². The molecule has 0 amide bonds. The van der Waals surface area contributed by atoms with Gasteiger partial charge in [0, 0.05) is 6.20 Å². The second kappa shape index (κ2) is 3.47. The molecule has 0 aliphatic carbocycles. The van der Waals surface area contributed by atoms with Gasteiger partial charge >= 0.3 is 0 Å². The maximum Gasteiger partial charge on any atom is 0.0847 e. The van der Waals surface area contributed by atoms with Crippen molar-refractivity contribution in [3.05, 3.63) is 30.1 Å². The van der Waals surface area contributed by atoms with E-state index in [-0.39, 0.29) is 12.1 Å². The van der Waals surface area contributed by atoms with Gasteiger partial charge in [-0.2, -0.15) is 5.26 Å². The van der Waals surface area contributed by atoms with Crippen molar-refractivity contribution in [1.82, 2.24) is 4.98 Å². The summed E-state index contributed by atoms with van der Waals surface area (Å²) >= 11 is 0. The summed E-state index contributed by atoms with van der Waals surface area (Å²) < 4.78 is 0. The number of nitriles is 1. The molecule has 0 saturated carbocycles. The summed E-state index contributed by atoms with van der Waals surface area (Å²) in [5, 5.41) is 15.6. The van der Waals surface area contributed by atoms with Crippen molar-refractivity contribution in [3.8, 4) is 6.07 Å². The minimum atomic E-state index is 0.122. The monoisotopic (exact) mass is 145 g/mol. The maximum absolute atomic E-state index is 8.28. The molecule has 0 saturated heterocycles. The fourth-order valence-corrected chi connectivity index (χ4v) is 0.711. The van der Waals surface area contributed by atoms with E-state index in [1.54, 1.807) is 24.4 Å². The fourth-order valence-electron chi connectivity index (χ4n) is 0.711. The Labute approximate surface area is 64.8 Å². The average molecular weight is 145 g/mol. The van der Waals surface area contributed by atoms with Gasteiger partial charge in [-0.3, -0.25) is 4.98 Å². The lowest BCUT2D eigenvalue weighted by Gasteiger charge is -1.94. The molecule has 3 heteroatoms. The van der Waals surface area contributed by atoms with E-state index < -0.39 is 0 Å². The quantitative estimate of drug-likeness (QED) is 0.639. The number of pyridine rings is 1. The molecule has 11 heavy (non-hydrogen) atoms. The topological polar surface area (TPSA) is 60.5 Å². The number of hydrogen-bond acceptors (Lipinski definition) is 3. The van der Waals surface area contributed by atoms with Crippen LogP contribution in [0.4, 0.5) is 0 Å². The molecule has 0 aromatic carbocycles. The Hall–Kier alpha value is -1.69. The van der Waals surface area contributed by atoms with Gasteiger partial charge in [0.2, 0.25) is 0 Å². The highest BCUT2D eigenvalue weighted by molar-refractivity contribution is 5.97. The van der Waals surface area contributed by atoms with Crippen LogP contribution in [0, 0.1) is 16.7 Å². The first-order chi connectivity index (χ1) is 5.34. The Morgan fingerprint density at radius 3 is 3.00 bits per heavy atom. The molecule has 54 valence electrons. The summed E-state index contributed by atoms with van der Waals surface area (Å²) in [6.45, 7) is 0. The molecule has 1 heterocycles. The molecular formula is C8H7N3. The highest BCUT2D eigenvalue weighted by Gasteiger charge is 1.98. The van der Waals surface area contributed by atoms with Crippen LogP contribution in [-0.2, 0) is 0 Å². The number of nitrogens with one attached hydrogen (secondary N) is 1. The second-order valence-corrected chi connectivity index (χ2v) is 2.03. The Morgan fingerprint density at radius 2 is 2.45 bits per heavy atom. The number of aromatic nitrogens is 1. The molecule has 0 aliphatic rings. The van der Waals surface area contributed by atoms with Crippen molar-refractivity contribution in [2.75, 3.05) is 0 Å². The Kier molecular flexibility index (Phi) is 2.34. The van der Waals surface area contributed by atoms with E-state index in [4.69, 9.17) is 10.7 Å². The van der Waals surface area contributed by atoms with Crippen molar-refractivity contribution in [2.24, 2.45) is 0 Å². The second-order valence-electron chi connectivity index (χ2n) is 2.03. The van der Waals surface area contributed by atoms with Crippen LogP contribution in [0.15, 0.2) is 24.4 Å². The highest BCUT2D eigenvalue weighted by Crippen LogP contribution is 1.96. The Balaban J connectivity index is 2.79. The van der Waals surface area contributed by atoms with E-state index in [2.05, 4.69) is 4.98 Å². The van der Waals surface area contributed by atoms with E-state index >= 15 is 0 Å². The standard InChI is InChI=1S/C8H7N3/c9-5-4-7(10)8-3-1-2-6-11-8/h1-3,6,10H,4H2. The van der Waals surface area contributed by atoms with Gasteiger partial charge < -0.3 is 5.41 Å². The summed E-state index contributed by atoms with van der Waals surface area (Å²) in [4.78, 5) is 3.92. The molecule has 0 fully saturated rings. The summed E-state index contributed by atoms with van der Waals surface area (Å²) in [6.07, 6.45) is 1.73. The predicted molar refractivity (Wildman–Crippen MR) is 41.3 cm³/mol. The minimum absolute atomic E-state index is 0.122. The molecule has 1 N–H and O–H groups in total. The number of nitrogens with zero attached hydrogens (tertiary/aromatic N) is 2. The van der Waals surface area contributed by atoms with Crippen molar-refractivity contribution in [3.63, 3.8) is 0 Å². The van der Waals surface area contributed by atoms with Crippen molar-refractivity contribution >= 4 is 5.71 Å². The molecule has 0 aliphatic heterocycles. The third-order valence-corrected chi connectivity index (χ3v) is 1.23. The molecule has 3 nitrogen and oxygen atoms in total. The van der Waals surface area contributed by atoms with Gasteiger partial charge in [-0.15, -0.1) is 0 Å². The summed E-state index contributed by atoms with van der Waals surface area (Å²) in [5.74, 6) is 0. The van der Waals surface area contributed by atoms with E-state index in [0.29, 0.717) is 5.69 Å². The van der Waals surface area contributed by atoms with E-state index in [0.717, 1.165) is 0 Å². The van der Waals surface area contributed by atoms with Crippen LogP contribution in [0.25, 0.3) is 0 Å². The number of rotatable bonds is 2. The molecule has 0 unspecified atom stereocenters. The largest absolute Gasteiger partial charge is 0.302 e. The molecule has 0 atom stereocenters. The molecule has 1 rings (SSSR count). The lowest BCUT2D eigenvalue weighted by Crippen LogP contribution is -1.99. The lowest BCUT2D eigenvalue weighted by atomic mass is 10.2. The van der Waals surface area contributed by atoms with Crippen molar-refractivity contribution in [2.45, 2.75) is 6.42 Å². The predicted octanol–water partition coefficient (Wildman–Crippen LogP) is 1.36. The lowest BCUT2D eigenvalue weighted by molar-refractivity contribution is 1.23. The van der Waals surface area contributed by atoms with Gasteiger partial charge in [0.15, 0.2) is 0 Å². The van der Waals surface area contributed by atoms with Gasteiger partial charge in [0.05, 0.1) is 23.9 Å². The van der Waals surface area contributed by atoms with Gasteiger partial charge in [-0.05, 0) is 12.1 Å². The third-order valence-electron chi connectivity index (χ3n) is 1.23. The molecule has 0 radical (unpaired) electrons. The molecular weight excluding hydrogens is 138 g/mol. The normalized spacial score (nSPS) is 8.64. The van der Waals surface area contributed by atoms with Crippen LogP contribution in [0.2, 0.25) is 0 Å². The first-order valence-electron chi connectivity index (χ1n) is 3.20. The summed E-state index contributed by atoms with van der Waals surface area (Å²) in [7, 11) is 0. The smallest absolute Gasteiger partial charge is 0.0847 e. The minimum Gasteiger partial charge on any atom is -0.302 e. The average Bonchev–Trinajstić information content (AvgIpc) is 2.07. The Bertz CT molecular complexity index is 284. The van der Waals surface area contributed by atoms with E-state index in [1.807, 2.05) is 6.07 Å². The summed E-state index contributed by atoms with van der Waals surface area (Å²) in [5.41, 5.74) is 0.849. The van der Waals surface area contributed by atoms with Crippen LogP contribution >= 0.6 is 0 Å². The van der Waals surface area contributed by atoms with Gasteiger partial charge in [0.1, 0.15) is 0 Å². The van der Waals surface area contributed by atoms with Crippen LogP contribution in [-0.4, -0.2) is 10.7 Å². The van der Waals surface area contributed by atoms with Gasteiger partial charge in [-0.1, -0.05) is 6.07 Å². The molecule has 1 aromatic heterocycles. The van der Waals surface area contributed by atoms with Crippen LogP contribution in [0.3, 0.4) is 0 Å². The zero-order valence-electron chi connectivity index (χ0n) is 5.91. The van der Waals surface area contributed by atoms with E-state index in [9.17, 15) is 0 Å². The summed E-state index contributed by atoms with van der Waals surface area (Å²) in [6, 6.07) is 7.20. The van der Waals surface area contributed by atoms with Crippen LogP contribution < -0.4 is 0 Å². The Morgan fingerprint density at radius 1 is 1.64 bits per heavy atom. The zero-order chi connectivity index (χ0) is 8.10. The van der Waals surface area contributed by atoms with Crippen LogP contribution in [0.5, 0.6) is 0 Å². The first-order valence-corrected chi connectivity index (χ1v) is 3.20. The van der Waals surface area contributed by atoms with E-state index in [1.165, 1.54) is 0 Å². The first kappa shape index (κ1) is 7.42. The van der Waals surface area contributed by atoms with Crippen molar-refractivity contribution in [1.29, 1.82) is 10.7 Å². The third kappa shape index (κ3) is 1.87. The van der Waals surface area contributed by atoms with Gasteiger partial charge in [-0.25, -0.2) is 0 Å². The maximum atomic E-state index is 8.28. The highest BCUT2D eigenvalue weighted by atomic mass is 14.7. The van der Waals surface area contributed by atoms with Crippen LogP contribution in [0.1, 0.15) is 12.1 Å². The molecule has 1 aromatic rings. The molecule has 0 spiro atoms. The fraction of sp³-hybridized carbons (Fsp3) is 0.125. The zero-order valence-corrected chi connectivity index (χ0v) is 5.91. The SMILES string of the molecule is N#CCC(=N)c1ccccn1. The molecule has 0 bridgehead atoms.